The van der Waals surface area contributed by atoms with E-state index in [0.717, 1.165) is 62.2 Å². The number of halogens is 1. The summed E-state index contributed by atoms with van der Waals surface area (Å²) in [4.78, 5) is 9.30. The van der Waals surface area contributed by atoms with Crippen LogP contribution in [0.4, 0.5) is 4.39 Å². The minimum Gasteiger partial charge on any atom is -0.392 e. The zero-order valence-electron chi connectivity index (χ0n) is 16.5. The van der Waals surface area contributed by atoms with Crippen LogP contribution in [0.5, 0.6) is 0 Å². The number of nitrogens with zero attached hydrogens (tertiary/aromatic N) is 4. The Morgan fingerprint density at radius 3 is 2.71 bits per heavy atom. The highest BCUT2D eigenvalue weighted by molar-refractivity contribution is 5.80. The van der Waals surface area contributed by atoms with E-state index >= 15 is 0 Å². The second-order valence-corrected chi connectivity index (χ2v) is 6.95. The first-order chi connectivity index (χ1) is 13.6. The van der Waals surface area contributed by atoms with Crippen molar-refractivity contribution in [1.29, 1.82) is 0 Å². The molecule has 28 heavy (non-hydrogen) atoms. The zero-order valence-corrected chi connectivity index (χ0v) is 16.5. The Labute approximate surface area is 164 Å². The molecule has 1 aromatic carbocycles. The number of benzene rings is 1. The highest BCUT2D eigenvalue weighted by Gasteiger charge is 2.20. The minimum absolute atomic E-state index is 0.300. The van der Waals surface area contributed by atoms with Crippen molar-refractivity contribution in [2.24, 2.45) is 4.99 Å². The maximum absolute atomic E-state index is 13.5. The molecule has 8 heteroatoms. The molecule has 0 radical (unpaired) electrons. The first kappa shape index (κ1) is 20.3. The highest BCUT2D eigenvalue weighted by atomic mass is 19.1. The lowest BCUT2D eigenvalue weighted by atomic mass is 10.1. The Bertz CT molecular complexity index is 800. The van der Waals surface area contributed by atoms with Crippen LogP contribution in [-0.2, 0) is 19.7 Å². The van der Waals surface area contributed by atoms with Crippen molar-refractivity contribution in [1.82, 2.24) is 20.3 Å². The Morgan fingerprint density at radius 1 is 1.29 bits per heavy atom. The molecule has 152 valence electrons. The fraction of sp³-hybridized carbons (Fsp3) is 0.500. The van der Waals surface area contributed by atoms with E-state index in [0.29, 0.717) is 12.1 Å². The van der Waals surface area contributed by atoms with Gasteiger partial charge in [-0.05, 0) is 31.5 Å². The summed E-state index contributed by atoms with van der Waals surface area (Å²) in [5.74, 6) is 1.30. The monoisotopic (exact) mass is 389 g/mol. The largest absolute Gasteiger partial charge is 0.392 e. The van der Waals surface area contributed by atoms with Crippen LogP contribution in [0.15, 0.2) is 33.8 Å². The fourth-order valence-corrected chi connectivity index (χ4v) is 3.28. The van der Waals surface area contributed by atoms with Crippen molar-refractivity contribution in [3.63, 3.8) is 0 Å². The van der Waals surface area contributed by atoms with Crippen LogP contribution in [0.25, 0.3) is 0 Å². The molecule has 0 saturated carbocycles. The topological polar surface area (TPSA) is 77.1 Å². The van der Waals surface area contributed by atoms with Gasteiger partial charge in [0.25, 0.3) is 0 Å². The van der Waals surface area contributed by atoms with Gasteiger partial charge in [0.1, 0.15) is 11.6 Å². The zero-order chi connectivity index (χ0) is 19.9. The van der Waals surface area contributed by atoms with E-state index in [9.17, 15) is 9.50 Å². The summed E-state index contributed by atoms with van der Waals surface area (Å²) in [6.07, 6.45) is 0. The predicted molar refractivity (Wildman–Crippen MR) is 105 cm³/mol. The Kier molecular flexibility index (Phi) is 7.00. The van der Waals surface area contributed by atoms with Gasteiger partial charge in [-0.1, -0.05) is 11.2 Å². The van der Waals surface area contributed by atoms with E-state index in [2.05, 4.69) is 20.3 Å². The first-order valence-electron chi connectivity index (χ1n) is 9.65. The van der Waals surface area contributed by atoms with Crippen LogP contribution < -0.4 is 5.32 Å². The molecule has 0 atom stereocenters. The average Bonchev–Trinajstić information content (AvgIpc) is 3.11. The van der Waals surface area contributed by atoms with Crippen LogP contribution >= 0.6 is 0 Å². The Hall–Kier alpha value is -2.45. The number of aliphatic imine (C=N–C) groups is 1. The van der Waals surface area contributed by atoms with Gasteiger partial charge in [-0.25, -0.2) is 9.38 Å². The van der Waals surface area contributed by atoms with E-state index in [-0.39, 0.29) is 12.4 Å². The number of aromatic nitrogens is 1. The molecule has 0 unspecified atom stereocenters. The van der Waals surface area contributed by atoms with Crippen molar-refractivity contribution in [2.45, 2.75) is 33.5 Å². The van der Waals surface area contributed by atoms with Crippen molar-refractivity contribution >= 4 is 5.96 Å². The lowest BCUT2D eigenvalue weighted by molar-refractivity contribution is 0.169. The number of nitrogens with one attached hydrogen (secondary N) is 1. The maximum atomic E-state index is 13.5. The molecule has 7 nitrogen and oxygen atoms in total. The number of hydrogen-bond acceptors (Lipinski definition) is 5. The van der Waals surface area contributed by atoms with Gasteiger partial charge < -0.3 is 19.8 Å². The molecular weight excluding hydrogens is 361 g/mol. The van der Waals surface area contributed by atoms with Gasteiger partial charge in [-0.15, -0.1) is 0 Å². The summed E-state index contributed by atoms with van der Waals surface area (Å²) in [5.41, 5.74) is 2.14. The average molecular weight is 389 g/mol. The maximum Gasteiger partial charge on any atom is 0.194 e. The molecule has 0 bridgehead atoms. The third-order valence-corrected chi connectivity index (χ3v) is 4.76. The standard InChI is InChI=1S/C20H28FN5O2/c1-3-22-20(23-12-16-4-5-19(21)17(11-16)14-27)26-8-6-25(7-9-26)13-18-10-15(2)28-24-18/h4-5,10-11,27H,3,6-9,12-14H2,1-2H3,(H,22,23). The third-order valence-electron chi connectivity index (χ3n) is 4.76. The summed E-state index contributed by atoms with van der Waals surface area (Å²) in [7, 11) is 0. The van der Waals surface area contributed by atoms with E-state index in [1.807, 2.05) is 19.9 Å². The van der Waals surface area contributed by atoms with Gasteiger partial charge in [0, 0.05) is 50.9 Å². The molecule has 0 spiro atoms. The Balaban J connectivity index is 1.58. The number of rotatable bonds is 6. The minimum atomic E-state index is -0.388. The van der Waals surface area contributed by atoms with Crippen LogP contribution in [0.1, 0.15) is 29.5 Å². The van der Waals surface area contributed by atoms with Crippen LogP contribution in [0.2, 0.25) is 0 Å². The molecule has 1 saturated heterocycles. The quantitative estimate of drug-likeness (QED) is 0.581. The van der Waals surface area contributed by atoms with Gasteiger partial charge >= 0.3 is 0 Å². The summed E-state index contributed by atoms with van der Waals surface area (Å²) < 4.78 is 18.7. The molecule has 0 amide bonds. The molecule has 3 rings (SSSR count). The van der Waals surface area contributed by atoms with E-state index in [1.54, 1.807) is 12.1 Å². The molecular formula is C20H28FN5O2. The van der Waals surface area contributed by atoms with Crippen LogP contribution in [-0.4, -0.2) is 58.7 Å². The number of guanidine groups is 1. The van der Waals surface area contributed by atoms with Crippen molar-refractivity contribution in [2.75, 3.05) is 32.7 Å². The first-order valence-corrected chi connectivity index (χ1v) is 9.65. The molecule has 1 aliphatic rings. The van der Waals surface area contributed by atoms with Gasteiger partial charge in [-0.3, -0.25) is 4.90 Å². The number of piperazine rings is 1. The second kappa shape index (κ2) is 9.66. The van der Waals surface area contributed by atoms with Crippen LogP contribution in [0, 0.1) is 12.7 Å². The molecule has 1 aliphatic heterocycles. The summed E-state index contributed by atoms with van der Waals surface area (Å²) in [5, 5.41) is 16.6. The van der Waals surface area contributed by atoms with E-state index in [1.165, 1.54) is 6.07 Å². The summed E-state index contributed by atoms with van der Waals surface area (Å²) in [6, 6.07) is 6.73. The smallest absolute Gasteiger partial charge is 0.194 e. The number of hydrogen-bond donors (Lipinski definition) is 2. The molecule has 2 heterocycles. The van der Waals surface area contributed by atoms with E-state index < -0.39 is 0 Å². The molecule has 1 aromatic heterocycles. The normalized spacial score (nSPS) is 15.9. The lowest BCUT2D eigenvalue weighted by Gasteiger charge is -2.36. The molecule has 2 aromatic rings. The van der Waals surface area contributed by atoms with Gasteiger partial charge in [0.2, 0.25) is 0 Å². The number of aliphatic hydroxyl groups is 1. The Morgan fingerprint density at radius 2 is 2.07 bits per heavy atom. The van der Waals surface area contributed by atoms with Crippen molar-refractivity contribution in [3.8, 4) is 0 Å². The number of aliphatic hydroxyl groups excluding tert-OH is 1. The fourth-order valence-electron chi connectivity index (χ4n) is 3.28. The van der Waals surface area contributed by atoms with Crippen molar-refractivity contribution in [3.05, 3.63) is 52.7 Å². The third kappa shape index (κ3) is 5.30. The summed E-state index contributed by atoms with van der Waals surface area (Å²) in [6.45, 7) is 9.22. The van der Waals surface area contributed by atoms with Gasteiger partial charge in [-0.2, -0.15) is 0 Å². The van der Waals surface area contributed by atoms with Gasteiger partial charge in [0.05, 0.1) is 18.8 Å². The molecule has 2 N–H and O–H groups in total. The highest BCUT2D eigenvalue weighted by Crippen LogP contribution is 2.13. The van der Waals surface area contributed by atoms with Crippen molar-refractivity contribution < 1.29 is 14.0 Å². The summed E-state index contributed by atoms with van der Waals surface area (Å²) >= 11 is 0. The van der Waals surface area contributed by atoms with Gasteiger partial charge in [0.15, 0.2) is 5.96 Å². The number of aryl methyl sites for hydroxylation is 1. The van der Waals surface area contributed by atoms with E-state index in [4.69, 9.17) is 9.52 Å². The van der Waals surface area contributed by atoms with Crippen LogP contribution in [0.3, 0.4) is 0 Å². The SMILES string of the molecule is CCNC(=NCc1ccc(F)c(CO)c1)N1CCN(Cc2cc(C)on2)CC1. The predicted octanol–water partition coefficient (Wildman–Crippen LogP) is 1.90. The molecule has 0 aliphatic carbocycles. The molecule has 1 fully saturated rings. The lowest BCUT2D eigenvalue weighted by Crippen LogP contribution is -2.52. The second-order valence-electron chi connectivity index (χ2n) is 6.95.